The number of benzene rings is 1. The van der Waals surface area contributed by atoms with Gasteiger partial charge in [-0.1, -0.05) is 41.7 Å². The van der Waals surface area contributed by atoms with Crippen molar-refractivity contribution in [3.05, 3.63) is 36.0 Å². The van der Waals surface area contributed by atoms with Gasteiger partial charge in [0.15, 0.2) is 0 Å². The number of rotatable bonds is 2. The fourth-order valence-electron chi connectivity index (χ4n) is 1.70. The van der Waals surface area contributed by atoms with Crippen LogP contribution in [0.1, 0.15) is 24.5 Å². The van der Waals surface area contributed by atoms with E-state index in [0.29, 0.717) is 5.92 Å². The van der Waals surface area contributed by atoms with Gasteiger partial charge in [-0.3, -0.25) is 0 Å². The normalized spacial score (nSPS) is 15.5. The third-order valence-electron chi connectivity index (χ3n) is 2.67. The van der Waals surface area contributed by atoms with Crippen LogP contribution in [0.25, 0.3) is 10.6 Å². The Hall–Kier alpha value is -1.35. The maximum absolute atomic E-state index is 5.98. The van der Waals surface area contributed by atoms with Crippen molar-refractivity contribution in [2.45, 2.75) is 18.8 Å². The third kappa shape index (κ3) is 1.63. The summed E-state index contributed by atoms with van der Waals surface area (Å²) in [4.78, 5) is 4.64. The van der Waals surface area contributed by atoms with Crippen molar-refractivity contribution < 1.29 is 0 Å². The van der Waals surface area contributed by atoms with Crippen LogP contribution in [0, 0.1) is 0 Å². The van der Waals surface area contributed by atoms with Crippen molar-refractivity contribution >= 4 is 16.3 Å². The monoisotopic (exact) mass is 216 g/mol. The van der Waals surface area contributed by atoms with Gasteiger partial charge in [-0.05, 0) is 12.8 Å². The standard InChI is InChI=1S/C12H12N2S/c13-11-10(8-6-7-8)14-12(15-11)9-4-2-1-3-5-9/h1-5,8H,6-7,13H2. The first kappa shape index (κ1) is 8.92. The van der Waals surface area contributed by atoms with Crippen molar-refractivity contribution in [1.82, 2.24) is 4.98 Å². The predicted octanol–water partition coefficient (Wildman–Crippen LogP) is 3.27. The summed E-state index contributed by atoms with van der Waals surface area (Å²) in [5.41, 5.74) is 8.27. The fraction of sp³-hybridized carbons (Fsp3) is 0.250. The maximum atomic E-state index is 5.98. The summed E-state index contributed by atoms with van der Waals surface area (Å²) < 4.78 is 0. The molecule has 0 radical (unpaired) electrons. The van der Waals surface area contributed by atoms with E-state index >= 15 is 0 Å². The van der Waals surface area contributed by atoms with Gasteiger partial charge in [-0.2, -0.15) is 0 Å². The molecule has 0 atom stereocenters. The van der Waals surface area contributed by atoms with E-state index < -0.39 is 0 Å². The molecule has 1 fully saturated rings. The molecule has 1 aliphatic rings. The molecule has 3 heteroatoms. The molecule has 0 amide bonds. The SMILES string of the molecule is Nc1sc(-c2ccccc2)nc1C1CC1. The minimum Gasteiger partial charge on any atom is -0.389 e. The van der Waals surface area contributed by atoms with E-state index in [1.807, 2.05) is 18.2 Å². The quantitative estimate of drug-likeness (QED) is 0.836. The molecule has 1 heterocycles. The van der Waals surface area contributed by atoms with Crippen molar-refractivity contribution in [2.75, 3.05) is 5.73 Å². The first-order chi connectivity index (χ1) is 7.34. The lowest BCUT2D eigenvalue weighted by Crippen LogP contribution is -1.87. The molecule has 0 unspecified atom stereocenters. The van der Waals surface area contributed by atoms with Crippen LogP contribution in [-0.2, 0) is 0 Å². The summed E-state index contributed by atoms with van der Waals surface area (Å²) in [6, 6.07) is 10.2. The lowest BCUT2D eigenvalue weighted by atomic mass is 10.2. The van der Waals surface area contributed by atoms with Gasteiger partial charge in [-0.25, -0.2) is 4.98 Å². The molecule has 2 aromatic rings. The molecule has 1 aromatic heterocycles. The highest BCUT2D eigenvalue weighted by Gasteiger charge is 2.28. The molecule has 76 valence electrons. The Bertz CT molecular complexity index is 472. The van der Waals surface area contributed by atoms with Crippen molar-refractivity contribution in [1.29, 1.82) is 0 Å². The van der Waals surface area contributed by atoms with E-state index in [0.717, 1.165) is 15.7 Å². The minimum atomic E-state index is 0.638. The topological polar surface area (TPSA) is 38.9 Å². The number of nitrogen functional groups attached to an aromatic ring is 1. The average molecular weight is 216 g/mol. The molecule has 15 heavy (non-hydrogen) atoms. The van der Waals surface area contributed by atoms with Gasteiger partial charge in [0.05, 0.1) is 5.69 Å². The zero-order chi connectivity index (χ0) is 10.3. The van der Waals surface area contributed by atoms with E-state index in [-0.39, 0.29) is 0 Å². The predicted molar refractivity (Wildman–Crippen MR) is 63.9 cm³/mol. The number of thiazole rings is 1. The highest BCUT2D eigenvalue weighted by Crippen LogP contribution is 2.45. The number of nitrogens with two attached hydrogens (primary N) is 1. The second-order valence-electron chi connectivity index (χ2n) is 3.91. The molecule has 1 saturated carbocycles. The summed E-state index contributed by atoms with van der Waals surface area (Å²) >= 11 is 1.60. The smallest absolute Gasteiger partial charge is 0.125 e. The second kappa shape index (κ2) is 3.35. The molecular weight excluding hydrogens is 204 g/mol. The van der Waals surface area contributed by atoms with Gasteiger partial charge in [0, 0.05) is 11.5 Å². The Labute approximate surface area is 92.8 Å². The van der Waals surface area contributed by atoms with Crippen LogP contribution < -0.4 is 5.73 Å². The van der Waals surface area contributed by atoms with Gasteiger partial charge in [0.25, 0.3) is 0 Å². The Morgan fingerprint density at radius 2 is 1.93 bits per heavy atom. The first-order valence-electron chi connectivity index (χ1n) is 5.16. The molecule has 2 nitrogen and oxygen atoms in total. The number of hydrogen-bond donors (Lipinski definition) is 1. The van der Waals surface area contributed by atoms with Gasteiger partial charge < -0.3 is 5.73 Å². The van der Waals surface area contributed by atoms with Crippen LogP contribution in [-0.4, -0.2) is 4.98 Å². The van der Waals surface area contributed by atoms with Gasteiger partial charge in [0.1, 0.15) is 10.0 Å². The van der Waals surface area contributed by atoms with Crippen LogP contribution in [0.4, 0.5) is 5.00 Å². The molecule has 0 saturated heterocycles. The van der Waals surface area contributed by atoms with E-state index in [2.05, 4.69) is 17.1 Å². The molecular formula is C12H12N2S. The Morgan fingerprint density at radius 3 is 2.60 bits per heavy atom. The highest BCUT2D eigenvalue weighted by atomic mass is 32.1. The molecule has 2 N–H and O–H groups in total. The lowest BCUT2D eigenvalue weighted by molar-refractivity contribution is 1.06. The summed E-state index contributed by atoms with van der Waals surface area (Å²) in [6.45, 7) is 0. The van der Waals surface area contributed by atoms with Crippen LogP contribution >= 0.6 is 11.3 Å². The van der Waals surface area contributed by atoms with E-state index in [9.17, 15) is 0 Å². The first-order valence-corrected chi connectivity index (χ1v) is 5.98. The van der Waals surface area contributed by atoms with Crippen LogP contribution in [0.3, 0.4) is 0 Å². The van der Waals surface area contributed by atoms with Gasteiger partial charge in [-0.15, -0.1) is 0 Å². The van der Waals surface area contributed by atoms with Crippen LogP contribution in [0.15, 0.2) is 30.3 Å². The molecule has 0 spiro atoms. The average Bonchev–Trinajstić information content (AvgIpc) is 3.04. The zero-order valence-corrected chi connectivity index (χ0v) is 9.13. The Balaban J connectivity index is 2.02. The molecule has 1 aromatic carbocycles. The van der Waals surface area contributed by atoms with Crippen LogP contribution in [0.5, 0.6) is 0 Å². The number of aromatic nitrogens is 1. The summed E-state index contributed by atoms with van der Waals surface area (Å²) in [6.07, 6.45) is 2.50. The molecule has 1 aliphatic carbocycles. The number of hydrogen-bond acceptors (Lipinski definition) is 3. The largest absolute Gasteiger partial charge is 0.389 e. The van der Waals surface area contributed by atoms with E-state index in [1.54, 1.807) is 11.3 Å². The second-order valence-corrected chi connectivity index (χ2v) is 4.94. The van der Waals surface area contributed by atoms with Gasteiger partial charge in [0.2, 0.25) is 0 Å². The summed E-state index contributed by atoms with van der Waals surface area (Å²) in [5, 5.41) is 1.95. The van der Waals surface area contributed by atoms with Crippen LogP contribution in [0.2, 0.25) is 0 Å². The third-order valence-corrected chi connectivity index (χ3v) is 3.62. The highest BCUT2D eigenvalue weighted by molar-refractivity contribution is 7.18. The Kier molecular flexibility index (Phi) is 1.99. The van der Waals surface area contributed by atoms with Crippen molar-refractivity contribution in [3.8, 4) is 10.6 Å². The van der Waals surface area contributed by atoms with E-state index in [1.165, 1.54) is 18.4 Å². The Morgan fingerprint density at radius 1 is 1.20 bits per heavy atom. The maximum Gasteiger partial charge on any atom is 0.125 e. The molecule has 0 bridgehead atoms. The lowest BCUT2D eigenvalue weighted by Gasteiger charge is -1.93. The van der Waals surface area contributed by atoms with E-state index in [4.69, 9.17) is 5.73 Å². The summed E-state index contributed by atoms with van der Waals surface area (Å²) in [7, 11) is 0. The van der Waals surface area contributed by atoms with Crippen molar-refractivity contribution in [3.63, 3.8) is 0 Å². The number of anilines is 1. The van der Waals surface area contributed by atoms with Crippen molar-refractivity contribution in [2.24, 2.45) is 0 Å². The molecule has 3 rings (SSSR count). The summed E-state index contributed by atoms with van der Waals surface area (Å²) in [5.74, 6) is 0.638. The minimum absolute atomic E-state index is 0.638. The number of nitrogens with zero attached hydrogens (tertiary/aromatic N) is 1. The molecule has 0 aliphatic heterocycles. The zero-order valence-electron chi connectivity index (χ0n) is 8.31. The fourth-order valence-corrected chi connectivity index (χ4v) is 2.62. The van der Waals surface area contributed by atoms with Gasteiger partial charge >= 0.3 is 0 Å².